The van der Waals surface area contributed by atoms with Crippen LogP contribution in [0.15, 0.2) is 36.7 Å². The Kier molecular flexibility index (Phi) is 4.68. The summed E-state index contributed by atoms with van der Waals surface area (Å²) < 4.78 is 1.76. The molecule has 1 atom stereocenters. The van der Waals surface area contributed by atoms with Crippen molar-refractivity contribution in [2.75, 3.05) is 26.2 Å². The van der Waals surface area contributed by atoms with E-state index in [1.165, 1.54) is 0 Å². The second-order valence-electron chi connectivity index (χ2n) is 5.89. The molecule has 2 aromatic rings. The number of aromatic nitrogens is 2. The van der Waals surface area contributed by atoms with Crippen molar-refractivity contribution in [2.45, 2.75) is 13.0 Å². The molecule has 0 aliphatic carbocycles. The highest BCUT2D eigenvalue weighted by atomic mass is 35.5. The first-order chi connectivity index (χ1) is 11.1. The summed E-state index contributed by atoms with van der Waals surface area (Å²) in [5.74, 6) is 0.500. The molecule has 122 valence electrons. The van der Waals surface area contributed by atoms with E-state index in [-0.39, 0.29) is 11.9 Å². The molecule has 2 heterocycles. The van der Waals surface area contributed by atoms with Crippen molar-refractivity contribution in [3.05, 3.63) is 53.1 Å². The molecule has 3 rings (SSSR count). The molecule has 0 saturated carbocycles. The van der Waals surface area contributed by atoms with Crippen LogP contribution in [0, 0.1) is 0 Å². The van der Waals surface area contributed by atoms with E-state index < -0.39 is 0 Å². The second-order valence-corrected chi connectivity index (χ2v) is 6.29. The Balaban J connectivity index is 1.63. The molecule has 0 N–H and O–H groups in total. The van der Waals surface area contributed by atoms with E-state index in [1.54, 1.807) is 17.0 Å². The quantitative estimate of drug-likeness (QED) is 0.867. The van der Waals surface area contributed by atoms with Gasteiger partial charge < -0.3 is 9.47 Å². The summed E-state index contributed by atoms with van der Waals surface area (Å²) in [6.45, 7) is 5.25. The van der Waals surface area contributed by atoms with Crippen molar-refractivity contribution < 1.29 is 4.79 Å². The monoisotopic (exact) mass is 332 g/mol. The highest BCUT2D eigenvalue weighted by Crippen LogP contribution is 2.27. The van der Waals surface area contributed by atoms with Crippen LogP contribution in [0.2, 0.25) is 5.02 Å². The van der Waals surface area contributed by atoms with Gasteiger partial charge in [0.05, 0.1) is 0 Å². The summed E-state index contributed by atoms with van der Waals surface area (Å²) in [4.78, 5) is 20.9. The maximum absolute atomic E-state index is 12.5. The van der Waals surface area contributed by atoms with Gasteiger partial charge in [0.2, 0.25) is 0 Å². The maximum atomic E-state index is 12.5. The van der Waals surface area contributed by atoms with E-state index in [1.807, 2.05) is 30.1 Å². The summed E-state index contributed by atoms with van der Waals surface area (Å²) in [6, 6.07) is 8.20. The highest BCUT2D eigenvalue weighted by Gasteiger charge is 2.27. The number of hydrogen-bond acceptors (Lipinski definition) is 3. The van der Waals surface area contributed by atoms with Crippen LogP contribution in [0.25, 0.3) is 0 Å². The molecule has 1 aromatic heterocycles. The zero-order chi connectivity index (χ0) is 16.4. The van der Waals surface area contributed by atoms with Crippen molar-refractivity contribution in [3.8, 4) is 0 Å². The lowest BCUT2D eigenvalue weighted by molar-refractivity contribution is 0.0567. The minimum atomic E-state index is 0.00236. The molecule has 1 aromatic carbocycles. The van der Waals surface area contributed by atoms with Gasteiger partial charge in [-0.3, -0.25) is 9.69 Å². The van der Waals surface area contributed by atoms with Gasteiger partial charge in [0, 0.05) is 56.7 Å². The predicted molar refractivity (Wildman–Crippen MR) is 90.6 cm³/mol. The third-order valence-corrected chi connectivity index (χ3v) is 4.86. The Labute approximate surface area is 141 Å². The molecular formula is C17H21ClN4O. The fourth-order valence-electron chi connectivity index (χ4n) is 3.04. The van der Waals surface area contributed by atoms with Gasteiger partial charge in [0.25, 0.3) is 5.91 Å². The number of piperazine rings is 1. The van der Waals surface area contributed by atoms with Crippen LogP contribution >= 0.6 is 11.6 Å². The molecule has 1 aliphatic rings. The van der Waals surface area contributed by atoms with E-state index in [2.05, 4.69) is 22.9 Å². The number of aryl methyl sites for hydroxylation is 1. The zero-order valence-corrected chi connectivity index (χ0v) is 14.2. The number of nitrogens with zero attached hydrogens (tertiary/aromatic N) is 4. The van der Waals surface area contributed by atoms with Crippen LogP contribution in [0.1, 0.15) is 29.1 Å². The van der Waals surface area contributed by atoms with Crippen LogP contribution < -0.4 is 0 Å². The second kappa shape index (κ2) is 6.72. The number of carbonyl (C=O) groups excluding carboxylic acids is 1. The largest absolute Gasteiger partial charge is 0.333 e. The van der Waals surface area contributed by atoms with Gasteiger partial charge in [0.1, 0.15) is 0 Å². The summed E-state index contributed by atoms with van der Waals surface area (Å²) in [5, 5.41) is 0.798. The van der Waals surface area contributed by atoms with Gasteiger partial charge in [-0.15, -0.1) is 0 Å². The summed E-state index contributed by atoms with van der Waals surface area (Å²) in [6.07, 6.45) is 3.45. The molecule has 1 amide bonds. The van der Waals surface area contributed by atoms with Gasteiger partial charge in [0.15, 0.2) is 5.82 Å². The molecule has 1 aliphatic heterocycles. The number of carbonyl (C=O) groups is 1. The Bertz CT molecular complexity index is 691. The minimum Gasteiger partial charge on any atom is -0.333 e. The SMILES string of the molecule is CC(c1ccccc1Cl)N1CCN(C(=O)c2nccn2C)CC1. The van der Waals surface area contributed by atoms with E-state index in [0.717, 1.165) is 23.7 Å². The fourth-order valence-corrected chi connectivity index (χ4v) is 3.33. The molecule has 0 spiro atoms. The fraction of sp³-hybridized carbons (Fsp3) is 0.412. The Morgan fingerprint density at radius 2 is 1.91 bits per heavy atom. The standard InChI is InChI=1S/C17H21ClN4O/c1-13(14-5-3-4-6-15(14)18)21-9-11-22(12-10-21)17(23)16-19-7-8-20(16)2/h3-8,13H,9-12H2,1-2H3. The topological polar surface area (TPSA) is 41.4 Å². The first-order valence-electron chi connectivity index (χ1n) is 7.83. The third kappa shape index (κ3) is 3.26. The Morgan fingerprint density at radius 1 is 1.22 bits per heavy atom. The average Bonchev–Trinajstić information content (AvgIpc) is 3.00. The van der Waals surface area contributed by atoms with Gasteiger partial charge in [-0.05, 0) is 18.6 Å². The lowest BCUT2D eigenvalue weighted by Gasteiger charge is -2.38. The predicted octanol–water partition coefficient (Wildman–Crippen LogP) is 2.59. The number of rotatable bonds is 3. The maximum Gasteiger partial charge on any atom is 0.289 e. The normalized spacial score (nSPS) is 17.3. The number of imidazole rings is 1. The lowest BCUT2D eigenvalue weighted by atomic mass is 10.1. The molecule has 0 bridgehead atoms. The lowest BCUT2D eigenvalue weighted by Crippen LogP contribution is -2.49. The summed E-state index contributed by atoms with van der Waals surface area (Å²) in [7, 11) is 1.84. The average molecular weight is 333 g/mol. The number of halogens is 1. The van der Waals surface area contributed by atoms with Crippen LogP contribution in [0.4, 0.5) is 0 Å². The highest BCUT2D eigenvalue weighted by molar-refractivity contribution is 6.31. The summed E-state index contributed by atoms with van der Waals surface area (Å²) >= 11 is 6.30. The molecule has 23 heavy (non-hydrogen) atoms. The van der Waals surface area contributed by atoms with Crippen LogP contribution in [0.3, 0.4) is 0 Å². The molecule has 6 heteroatoms. The molecular weight excluding hydrogens is 312 g/mol. The Hall–Kier alpha value is -1.85. The number of hydrogen-bond donors (Lipinski definition) is 0. The Morgan fingerprint density at radius 3 is 2.52 bits per heavy atom. The van der Waals surface area contributed by atoms with E-state index in [9.17, 15) is 4.79 Å². The van der Waals surface area contributed by atoms with Crippen LogP contribution in [-0.2, 0) is 7.05 Å². The van der Waals surface area contributed by atoms with Crippen molar-refractivity contribution in [3.63, 3.8) is 0 Å². The number of amides is 1. The smallest absolute Gasteiger partial charge is 0.289 e. The van der Waals surface area contributed by atoms with Gasteiger partial charge in [-0.2, -0.15) is 0 Å². The van der Waals surface area contributed by atoms with Crippen molar-refractivity contribution in [1.29, 1.82) is 0 Å². The van der Waals surface area contributed by atoms with E-state index in [4.69, 9.17) is 11.6 Å². The first-order valence-corrected chi connectivity index (χ1v) is 8.21. The van der Waals surface area contributed by atoms with E-state index >= 15 is 0 Å². The molecule has 1 saturated heterocycles. The van der Waals surface area contributed by atoms with Gasteiger partial charge in [-0.25, -0.2) is 4.98 Å². The first kappa shape index (κ1) is 16.0. The van der Waals surface area contributed by atoms with Crippen molar-refractivity contribution in [2.24, 2.45) is 7.05 Å². The molecule has 5 nitrogen and oxygen atoms in total. The van der Waals surface area contributed by atoms with Crippen LogP contribution in [0.5, 0.6) is 0 Å². The van der Waals surface area contributed by atoms with E-state index in [0.29, 0.717) is 18.9 Å². The molecule has 1 fully saturated rings. The third-order valence-electron chi connectivity index (χ3n) is 4.52. The van der Waals surface area contributed by atoms with Gasteiger partial charge in [-0.1, -0.05) is 29.8 Å². The number of benzene rings is 1. The van der Waals surface area contributed by atoms with Crippen molar-refractivity contribution in [1.82, 2.24) is 19.4 Å². The molecule has 0 radical (unpaired) electrons. The zero-order valence-electron chi connectivity index (χ0n) is 13.4. The van der Waals surface area contributed by atoms with Gasteiger partial charge >= 0.3 is 0 Å². The van der Waals surface area contributed by atoms with Crippen molar-refractivity contribution >= 4 is 17.5 Å². The minimum absolute atomic E-state index is 0.00236. The summed E-state index contributed by atoms with van der Waals surface area (Å²) in [5.41, 5.74) is 1.14. The van der Waals surface area contributed by atoms with Crippen LogP contribution in [-0.4, -0.2) is 51.4 Å². The molecule has 1 unspecified atom stereocenters.